The van der Waals surface area contributed by atoms with Gasteiger partial charge in [0.25, 0.3) is 0 Å². The highest BCUT2D eigenvalue weighted by Gasteiger charge is 2.04. The molecule has 0 saturated carbocycles. The van der Waals surface area contributed by atoms with E-state index in [1.54, 1.807) is 0 Å². The number of carbonyl (C=O) groups excluding carboxylic acids is 1. The zero-order valence-electron chi connectivity index (χ0n) is 7.52. The summed E-state index contributed by atoms with van der Waals surface area (Å²) in [5.41, 5.74) is 0.972. The van der Waals surface area contributed by atoms with Crippen molar-refractivity contribution in [2.75, 3.05) is 5.75 Å². The average Bonchev–Trinajstić information content (AvgIpc) is 2.00. The molecule has 0 aromatic heterocycles. The van der Waals surface area contributed by atoms with Crippen molar-refractivity contribution in [2.45, 2.75) is 33.6 Å². The Morgan fingerprint density at radius 1 is 1.36 bits per heavy atom. The molecule has 0 fully saturated rings. The quantitative estimate of drug-likeness (QED) is 0.606. The van der Waals surface area contributed by atoms with Gasteiger partial charge in [0.05, 0.1) is 0 Å². The minimum atomic E-state index is 0.247. The third kappa shape index (κ3) is 4.25. The van der Waals surface area contributed by atoms with Gasteiger partial charge in [-0.05, 0) is 18.6 Å². The van der Waals surface area contributed by atoms with Crippen molar-refractivity contribution >= 4 is 16.9 Å². The number of hydrogen-bond donors (Lipinski definition) is 0. The van der Waals surface area contributed by atoms with Gasteiger partial charge in [-0.25, -0.2) is 0 Å². The Morgan fingerprint density at radius 2 is 2.00 bits per heavy atom. The van der Waals surface area contributed by atoms with Crippen molar-refractivity contribution in [2.24, 2.45) is 0 Å². The minimum absolute atomic E-state index is 0.247. The van der Waals surface area contributed by atoms with Gasteiger partial charge in [0.2, 0.25) is 5.12 Å². The minimum Gasteiger partial charge on any atom is -0.282 e. The van der Waals surface area contributed by atoms with Crippen LogP contribution in [0, 0.1) is 0 Å². The van der Waals surface area contributed by atoms with Crippen molar-refractivity contribution in [3.05, 3.63) is 11.6 Å². The first-order valence-electron chi connectivity index (χ1n) is 4.12. The van der Waals surface area contributed by atoms with E-state index < -0.39 is 0 Å². The van der Waals surface area contributed by atoms with Crippen molar-refractivity contribution < 1.29 is 4.79 Å². The largest absolute Gasteiger partial charge is 0.282 e. The fraction of sp³-hybridized carbons (Fsp3) is 0.667. The van der Waals surface area contributed by atoms with Gasteiger partial charge in [0, 0.05) is 5.57 Å². The molecule has 0 rings (SSSR count). The summed E-state index contributed by atoms with van der Waals surface area (Å²) >= 11 is 1.40. The molecule has 0 heterocycles. The lowest BCUT2D eigenvalue weighted by molar-refractivity contribution is -0.108. The van der Waals surface area contributed by atoms with Gasteiger partial charge < -0.3 is 0 Å². The first-order chi connectivity index (χ1) is 5.26. The molecule has 0 aromatic rings. The molecule has 0 radical (unpaired) electrons. The van der Waals surface area contributed by atoms with E-state index in [0.29, 0.717) is 0 Å². The van der Waals surface area contributed by atoms with E-state index in [2.05, 4.69) is 6.92 Å². The van der Waals surface area contributed by atoms with E-state index in [1.807, 2.05) is 19.9 Å². The predicted molar refractivity (Wildman–Crippen MR) is 51.8 cm³/mol. The molecule has 0 saturated heterocycles. The summed E-state index contributed by atoms with van der Waals surface area (Å²) in [6, 6.07) is 0. The molecule has 0 atom stereocenters. The number of allylic oxidation sites excluding steroid dienone is 1. The molecule has 0 unspecified atom stereocenters. The Bertz CT molecular complexity index is 150. The Balaban J connectivity index is 4.03. The highest BCUT2D eigenvalue weighted by molar-refractivity contribution is 8.14. The first-order valence-corrected chi connectivity index (χ1v) is 5.10. The smallest absolute Gasteiger partial charge is 0.214 e. The molecule has 0 aromatic carbocycles. The summed E-state index contributed by atoms with van der Waals surface area (Å²) in [5.74, 6) is 0.875. The Morgan fingerprint density at radius 3 is 2.36 bits per heavy atom. The molecule has 0 N–H and O–H groups in total. The van der Waals surface area contributed by atoms with Crippen LogP contribution in [0.3, 0.4) is 0 Å². The fourth-order valence-corrected chi connectivity index (χ4v) is 1.52. The lowest BCUT2D eigenvalue weighted by Crippen LogP contribution is -1.96. The highest BCUT2D eigenvalue weighted by Crippen LogP contribution is 2.13. The van der Waals surface area contributed by atoms with Gasteiger partial charge in [-0.15, -0.1) is 0 Å². The normalized spacial score (nSPS) is 11.7. The van der Waals surface area contributed by atoms with E-state index in [1.165, 1.54) is 11.8 Å². The summed E-state index contributed by atoms with van der Waals surface area (Å²) in [6.07, 6.45) is 3.84. The second-order valence-corrected chi connectivity index (χ2v) is 3.45. The Kier molecular flexibility index (Phi) is 6.33. The van der Waals surface area contributed by atoms with Crippen LogP contribution in [0.2, 0.25) is 0 Å². The van der Waals surface area contributed by atoms with Crippen LogP contribution in [0.5, 0.6) is 0 Å². The second-order valence-electron chi connectivity index (χ2n) is 2.21. The van der Waals surface area contributed by atoms with Gasteiger partial charge >= 0.3 is 0 Å². The summed E-state index contributed by atoms with van der Waals surface area (Å²) in [4.78, 5) is 11.3. The van der Waals surface area contributed by atoms with Crippen LogP contribution < -0.4 is 0 Å². The van der Waals surface area contributed by atoms with Crippen LogP contribution in [0.15, 0.2) is 11.6 Å². The van der Waals surface area contributed by atoms with Crippen molar-refractivity contribution in [1.29, 1.82) is 0 Å². The fourth-order valence-electron chi connectivity index (χ4n) is 0.842. The molecule has 2 heteroatoms. The molecule has 0 aliphatic rings. The van der Waals surface area contributed by atoms with Gasteiger partial charge in [-0.3, -0.25) is 4.79 Å². The summed E-state index contributed by atoms with van der Waals surface area (Å²) in [6.45, 7) is 6.08. The zero-order valence-corrected chi connectivity index (χ0v) is 8.33. The third-order valence-electron chi connectivity index (χ3n) is 1.37. The SMILES string of the molecule is CC/C=C(\CC)C(=O)SCC. The topological polar surface area (TPSA) is 17.1 Å². The van der Waals surface area contributed by atoms with Crippen LogP contribution >= 0.6 is 11.8 Å². The van der Waals surface area contributed by atoms with Gasteiger partial charge in [-0.2, -0.15) is 0 Å². The van der Waals surface area contributed by atoms with Crippen LogP contribution in [0.25, 0.3) is 0 Å². The molecule has 0 amide bonds. The maximum absolute atomic E-state index is 11.3. The molecule has 0 spiro atoms. The predicted octanol–water partition coefficient (Wildman–Crippen LogP) is 3.01. The lowest BCUT2D eigenvalue weighted by Gasteiger charge is -1.99. The lowest BCUT2D eigenvalue weighted by atomic mass is 10.2. The molecule has 0 aliphatic carbocycles. The van der Waals surface area contributed by atoms with Gasteiger partial charge in [0.1, 0.15) is 0 Å². The molecule has 0 bridgehead atoms. The number of carbonyl (C=O) groups is 1. The zero-order chi connectivity index (χ0) is 8.69. The van der Waals surface area contributed by atoms with Crippen molar-refractivity contribution in [3.8, 4) is 0 Å². The average molecular weight is 172 g/mol. The molecular weight excluding hydrogens is 156 g/mol. The molecule has 0 aliphatic heterocycles. The molecular formula is C9H16OS. The van der Waals surface area contributed by atoms with Crippen molar-refractivity contribution in [3.63, 3.8) is 0 Å². The Labute approximate surface area is 73.3 Å². The van der Waals surface area contributed by atoms with E-state index >= 15 is 0 Å². The van der Waals surface area contributed by atoms with Crippen LogP contribution in [0.1, 0.15) is 33.6 Å². The van der Waals surface area contributed by atoms with Crippen LogP contribution in [-0.2, 0) is 4.79 Å². The monoisotopic (exact) mass is 172 g/mol. The van der Waals surface area contributed by atoms with E-state index in [9.17, 15) is 4.79 Å². The van der Waals surface area contributed by atoms with Crippen molar-refractivity contribution in [1.82, 2.24) is 0 Å². The maximum atomic E-state index is 11.3. The number of hydrogen-bond acceptors (Lipinski definition) is 2. The summed E-state index contributed by atoms with van der Waals surface area (Å²) in [5, 5.41) is 0.247. The van der Waals surface area contributed by atoms with Gasteiger partial charge in [-0.1, -0.05) is 38.6 Å². The highest BCUT2D eigenvalue weighted by atomic mass is 32.2. The number of thioether (sulfide) groups is 1. The van der Waals surface area contributed by atoms with Crippen LogP contribution in [0.4, 0.5) is 0 Å². The maximum Gasteiger partial charge on any atom is 0.214 e. The third-order valence-corrected chi connectivity index (χ3v) is 2.18. The Hall–Kier alpha value is -0.240. The summed E-state index contributed by atoms with van der Waals surface area (Å²) in [7, 11) is 0. The number of rotatable bonds is 4. The van der Waals surface area contributed by atoms with E-state index in [0.717, 1.165) is 24.2 Å². The molecule has 64 valence electrons. The molecule has 1 nitrogen and oxygen atoms in total. The van der Waals surface area contributed by atoms with E-state index in [4.69, 9.17) is 0 Å². The standard InChI is InChI=1S/C9H16OS/c1-4-7-8(5-2)9(10)11-6-3/h7H,4-6H2,1-3H3/b8-7+. The van der Waals surface area contributed by atoms with Crippen LogP contribution in [-0.4, -0.2) is 10.9 Å². The molecule has 11 heavy (non-hydrogen) atoms. The van der Waals surface area contributed by atoms with Gasteiger partial charge in [0.15, 0.2) is 0 Å². The summed E-state index contributed by atoms with van der Waals surface area (Å²) < 4.78 is 0. The van der Waals surface area contributed by atoms with E-state index in [-0.39, 0.29) is 5.12 Å². The second kappa shape index (κ2) is 6.47. The first kappa shape index (κ1) is 10.8.